The third-order valence-electron chi connectivity index (χ3n) is 25.8. The summed E-state index contributed by atoms with van der Waals surface area (Å²) in [6.45, 7) is 2.15. The molecule has 130 heavy (non-hydrogen) atoms. The van der Waals surface area contributed by atoms with E-state index in [4.69, 9.17) is 29.9 Å². The first-order valence-electron chi connectivity index (χ1n) is 43.9. The largest absolute Gasteiger partial charge is 0.252 e. The summed E-state index contributed by atoms with van der Waals surface area (Å²) >= 11 is 5.63. The van der Waals surface area contributed by atoms with Gasteiger partial charge in [0.05, 0.1) is 44.5 Å². The summed E-state index contributed by atoms with van der Waals surface area (Å²) in [5.74, 6) is 0. The van der Waals surface area contributed by atoms with Crippen molar-refractivity contribution in [2.24, 2.45) is 0 Å². The minimum atomic E-state index is 0.892. The summed E-state index contributed by atoms with van der Waals surface area (Å²) in [4.78, 5) is 29.8. The molecular weight excluding hydrogens is 1630 g/mol. The first-order valence-corrected chi connectivity index (χ1v) is 46.3. The van der Waals surface area contributed by atoms with E-state index in [1.54, 1.807) is 24.8 Å². The number of rotatable bonds is 9. The third-order valence-corrected chi connectivity index (χ3v) is 29.5. The van der Waals surface area contributed by atoms with Gasteiger partial charge in [0.25, 0.3) is 0 Å². The maximum atomic E-state index is 5.44. The van der Waals surface area contributed by atoms with E-state index in [-0.39, 0.29) is 0 Å². The summed E-state index contributed by atoms with van der Waals surface area (Å²) in [7, 11) is 0. The summed E-state index contributed by atoms with van der Waals surface area (Å²) in [5.41, 5.74) is 27.9. The highest BCUT2D eigenvalue weighted by atomic mass is 32.1. The predicted molar refractivity (Wildman–Crippen MR) is 556 cm³/mol. The van der Waals surface area contributed by atoms with Gasteiger partial charge in [-0.15, -0.1) is 34.0 Å². The van der Waals surface area contributed by atoms with Gasteiger partial charge in [0.2, 0.25) is 0 Å². The summed E-state index contributed by atoms with van der Waals surface area (Å²) in [6.07, 6.45) is 7.14. The molecule has 27 aromatic rings. The first-order chi connectivity index (χ1) is 64.4. The minimum Gasteiger partial charge on any atom is -0.252 e. The van der Waals surface area contributed by atoms with Crippen molar-refractivity contribution in [2.45, 2.75) is 6.92 Å². The van der Waals surface area contributed by atoms with Crippen LogP contribution in [-0.2, 0) is 0 Å². The fourth-order valence-corrected chi connectivity index (χ4v) is 23.4. The molecule has 0 N–H and O–H groups in total. The van der Waals surface area contributed by atoms with Gasteiger partial charge in [0.15, 0.2) is 0 Å². The van der Waals surface area contributed by atoms with Crippen LogP contribution in [0.3, 0.4) is 0 Å². The molecule has 0 radical (unpaired) electrons. The van der Waals surface area contributed by atoms with E-state index in [1.165, 1.54) is 176 Å². The second kappa shape index (κ2) is 31.8. The Kier molecular flexibility index (Phi) is 18.6. The number of fused-ring (bicyclic) bond motifs is 27. The summed E-state index contributed by atoms with van der Waals surface area (Å²) < 4.78 is 7.99. The lowest BCUT2D eigenvalue weighted by Gasteiger charge is -2.15. The smallest absolute Gasteiger partial charge is 0.0979 e. The van der Waals surface area contributed by atoms with E-state index < -0.39 is 0 Å². The fourth-order valence-electron chi connectivity index (χ4n) is 19.6. The van der Waals surface area contributed by atoms with Gasteiger partial charge in [-0.3, -0.25) is 19.9 Å². The molecule has 6 heterocycles. The molecule has 9 heteroatoms. The highest BCUT2D eigenvalue weighted by molar-refractivity contribution is 7.27. The van der Waals surface area contributed by atoms with Crippen molar-refractivity contribution >= 4 is 192 Å². The molecule has 0 bridgehead atoms. The Morgan fingerprint density at radius 2 is 0.415 bits per heavy atom. The van der Waals surface area contributed by atoms with Crippen LogP contribution in [0.1, 0.15) is 5.56 Å². The average molecular weight is 1710 g/mol. The van der Waals surface area contributed by atoms with Crippen LogP contribution in [0, 0.1) is 6.92 Å². The highest BCUT2D eigenvalue weighted by Gasteiger charge is 2.23. The lowest BCUT2D eigenvalue weighted by Crippen LogP contribution is -1.97. The quantitative estimate of drug-likeness (QED) is 0.134. The van der Waals surface area contributed by atoms with Crippen LogP contribution < -0.4 is 0 Å². The molecule has 27 rings (SSSR count). The van der Waals surface area contributed by atoms with Crippen LogP contribution in [0.5, 0.6) is 0 Å². The van der Waals surface area contributed by atoms with Crippen molar-refractivity contribution in [2.75, 3.05) is 0 Å². The van der Waals surface area contributed by atoms with Crippen LogP contribution in [0.2, 0.25) is 0 Å². The first kappa shape index (κ1) is 76.3. The maximum Gasteiger partial charge on any atom is 0.0979 e. The molecule has 0 saturated heterocycles. The molecule has 0 saturated carbocycles. The molecule has 0 aliphatic rings. The van der Waals surface area contributed by atoms with Crippen LogP contribution in [0.4, 0.5) is 0 Å². The topological polar surface area (TPSA) is 77.3 Å². The lowest BCUT2D eigenvalue weighted by molar-refractivity contribution is 1.31. The van der Waals surface area contributed by atoms with Gasteiger partial charge in [-0.2, -0.15) is 0 Å². The van der Waals surface area contributed by atoms with Gasteiger partial charge in [-0.1, -0.05) is 351 Å². The standard InChI is InChI=1S/C46H28N2S.C40H24N2S.C35H22N2S/c1-3-13-29(14-4-1)42-43(30-15-5-2-6-16-30)48-45-38-26-25-32(28-40(38)35-19-7-8-21-37(35)44(45)47-42)31-17-11-18-33(27-31)34-22-12-23-39-36-20-9-10-24-41(36)49-46(34)39;1-2-8-25(9-3-1)27-16-18-32-35(23-27)36-24-28(17-19-33(36)39-38(32)41-20-21-42-39)26-10-6-11-29(22-26)30-13-7-14-34-31-12-4-5-15-37(31)43-40(30)34;1-21-12-14-27-30(18-21)31-20-23(13-15-28(31)34-33(27)36-16-17-37-34)22-6-4-7-24(19-22)25-9-5-10-29-26-8-2-3-11-32(26)38-35(25)29/h1-28H;1-24H;2-20H,1H3. The average Bonchev–Trinajstić information content (AvgIpc) is 0.861. The van der Waals surface area contributed by atoms with Gasteiger partial charge in [0, 0.05) is 129 Å². The molecule has 0 spiro atoms. The zero-order valence-corrected chi connectivity index (χ0v) is 72.8. The highest BCUT2D eigenvalue weighted by Crippen LogP contribution is 2.48. The van der Waals surface area contributed by atoms with Crippen molar-refractivity contribution in [3.05, 3.63) is 437 Å². The van der Waals surface area contributed by atoms with E-state index in [1.807, 2.05) is 46.1 Å². The molecular formula is C121H74N6S3. The molecule has 6 aromatic heterocycles. The van der Waals surface area contributed by atoms with Gasteiger partial charge >= 0.3 is 0 Å². The Bertz CT molecular complexity index is 9280. The third kappa shape index (κ3) is 13.2. The zero-order valence-electron chi connectivity index (χ0n) is 70.4. The van der Waals surface area contributed by atoms with E-state index in [0.717, 1.165) is 87.9 Å². The van der Waals surface area contributed by atoms with Crippen molar-refractivity contribution in [3.63, 3.8) is 0 Å². The van der Waals surface area contributed by atoms with Gasteiger partial charge < -0.3 is 0 Å². The summed E-state index contributed by atoms with van der Waals surface area (Å²) in [6, 6.07) is 147. The second-order valence-electron chi connectivity index (χ2n) is 33.4. The van der Waals surface area contributed by atoms with Gasteiger partial charge in [-0.25, -0.2) is 9.97 Å². The lowest BCUT2D eigenvalue weighted by atomic mass is 9.92. The number of hydrogen-bond donors (Lipinski definition) is 0. The Labute approximate surface area is 760 Å². The minimum absolute atomic E-state index is 0.892. The fraction of sp³-hybridized carbons (Fsp3) is 0.00826. The van der Waals surface area contributed by atoms with Crippen molar-refractivity contribution in [1.82, 2.24) is 29.9 Å². The molecule has 6 nitrogen and oxygen atoms in total. The van der Waals surface area contributed by atoms with E-state index in [9.17, 15) is 0 Å². The Balaban J connectivity index is 0.000000106. The second-order valence-corrected chi connectivity index (χ2v) is 36.6. The number of nitrogens with zero attached hydrogens (tertiary/aromatic N) is 6. The van der Waals surface area contributed by atoms with Gasteiger partial charge in [-0.05, 0) is 178 Å². The number of aryl methyl sites for hydroxylation is 1. The monoisotopic (exact) mass is 1710 g/mol. The molecule has 0 unspecified atom stereocenters. The number of aromatic nitrogens is 6. The Hall–Kier alpha value is -16.1. The normalized spacial score (nSPS) is 11.7. The Morgan fingerprint density at radius 3 is 0.792 bits per heavy atom. The number of hydrogen-bond acceptors (Lipinski definition) is 9. The Morgan fingerprint density at radius 1 is 0.162 bits per heavy atom. The molecule has 606 valence electrons. The molecule has 0 atom stereocenters. The maximum absolute atomic E-state index is 5.44. The van der Waals surface area contributed by atoms with Crippen LogP contribution in [0.15, 0.2) is 431 Å². The van der Waals surface area contributed by atoms with E-state index in [0.29, 0.717) is 0 Å². The van der Waals surface area contributed by atoms with E-state index in [2.05, 4.69) is 401 Å². The SMILES string of the molecule is Cc1ccc2c(c1)c1cc(-c3cccc(-c4cccc5c4sc4ccccc45)c3)ccc1c1nccnc21.c1ccc(-c2ccc3c(c2)c2cc(-c4cccc(-c5cccc6c5sc5ccccc56)c4)ccc2c2nccnc32)cc1.c1ccc(-c2nc3c4ccccc4c4cc(-c5cccc(-c6cccc7c6sc6ccccc67)c5)ccc4c3nc2-c2ccccc2)cc1. The van der Waals surface area contributed by atoms with Crippen LogP contribution in [0.25, 0.3) is 259 Å². The zero-order chi connectivity index (χ0) is 85.9. The van der Waals surface area contributed by atoms with Crippen molar-refractivity contribution in [3.8, 4) is 100 Å². The number of thiophene rings is 3. The van der Waals surface area contributed by atoms with Crippen molar-refractivity contribution < 1.29 is 0 Å². The van der Waals surface area contributed by atoms with E-state index >= 15 is 0 Å². The summed E-state index contributed by atoms with van der Waals surface area (Å²) in [5, 5.41) is 21.9. The molecule has 0 amide bonds. The van der Waals surface area contributed by atoms with Crippen molar-refractivity contribution in [1.29, 1.82) is 0 Å². The van der Waals surface area contributed by atoms with Crippen LogP contribution >= 0.6 is 34.0 Å². The van der Waals surface area contributed by atoms with Crippen LogP contribution in [-0.4, -0.2) is 29.9 Å². The number of benzene rings is 21. The molecule has 0 aliphatic heterocycles. The molecule has 0 fully saturated rings. The molecule has 21 aromatic carbocycles. The molecule has 0 aliphatic carbocycles. The van der Waals surface area contributed by atoms with Gasteiger partial charge in [0.1, 0.15) is 0 Å². The predicted octanol–water partition coefficient (Wildman–Crippen LogP) is 34.2.